The maximum atomic E-state index is 12.7. The number of anilines is 2. The van der Waals surface area contributed by atoms with Crippen LogP contribution < -0.4 is 15.8 Å². The summed E-state index contributed by atoms with van der Waals surface area (Å²) in [7, 11) is 4.26. The highest BCUT2D eigenvalue weighted by Crippen LogP contribution is 2.25. The maximum Gasteiger partial charge on any atom is 0.264 e. The molecule has 0 unspecified atom stereocenters. The Hall–Kier alpha value is -2.67. The van der Waals surface area contributed by atoms with Crippen molar-refractivity contribution >= 4 is 17.3 Å². The molecule has 0 saturated carbocycles. The first-order valence-corrected chi connectivity index (χ1v) is 10.7. The summed E-state index contributed by atoms with van der Waals surface area (Å²) in [4.78, 5) is 36.8. The smallest absolute Gasteiger partial charge is 0.264 e. The summed E-state index contributed by atoms with van der Waals surface area (Å²) in [5, 5.41) is 2.82. The number of nitrogens with one attached hydrogen (secondary N) is 2. The van der Waals surface area contributed by atoms with Gasteiger partial charge < -0.3 is 20.1 Å². The molecule has 0 aliphatic carbocycles. The SMILES string of the molecule is Cc1nc(C(C)C)[nH]c(=O)c1C(=O)Nc1ccc(N2CCC(CN(C)C)CC2)cc1. The van der Waals surface area contributed by atoms with Crippen LogP contribution in [-0.2, 0) is 0 Å². The molecule has 2 heterocycles. The Kier molecular flexibility index (Phi) is 6.92. The van der Waals surface area contributed by atoms with Crippen LogP contribution >= 0.6 is 0 Å². The van der Waals surface area contributed by atoms with Crippen LogP contribution in [0, 0.1) is 12.8 Å². The molecule has 1 fully saturated rings. The quantitative estimate of drug-likeness (QED) is 0.763. The second-order valence-electron chi connectivity index (χ2n) is 8.76. The van der Waals surface area contributed by atoms with Gasteiger partial charge in [0, 0.05) is 36.9 Å². The third kappa shape index (κ3) is 5.27. The van der Waals surface area contributed by atoms with E-state index in [4.69, 9.17) is 0 Å². The first-order valence-electron chi connectivity index (χ1n) is 10.7. The number of nitrogens with zero attached hydrogens (tertiary/aromatic N) is 3. The highest BCUT2D eigenvalue weighted by atomic mass is 16.2. The van der Waals surface area contributed by atoms with Gasteiger partial charge in [-0.05, 0) is 64.0 Å². The second kappa shape index (κ2) is 9.43. The third-order valence-corrected chi connectivity index (χ3v) is 5.62. The zero-order valence-corrected chi connectivity index (χ0v) is 18.7. The molecule has 7 heteroatoms. The summed E-state index contributed by atoms with van der Waals surface area (Å²) in [6, 6.07) is 7.83. The molecule has 30 heavy (non-hydrogen) atoms. The van der Waals surface area contributed by atoms with Crippen molar-refractivity contribution in [3.8, 4) is 0 Å². The zero-order valence-electron chi connectivity index (χ0n) is 18.7. The fourth-order valence-electron chi connectivity index (χ4n) is 3.99. The van der Waals surface area contributed by atoms with E-state index in [0.29, 0.717) is 17.2 Å². The first-order chi connectivity index (χ1) is 14.2. The van der Waals surface area contributed by atoms with Gasteiger partial charge in [0.2, 0.25) is 0 Å². The van der Waals surface area contributed by atoms with E-state index < -0.39 is 11.5 Å². The fraction of sp³-hybridized carbons (Fsp3) is 0.522. The lowest BCUT2D eigenvalue weighted by molar-refractivity contribution is 0.102. The standard InChI is InChI=1S/C23H33N5O2/c1-15(2)21-24-16(3)20(23(30)26-21)22(29)25-18-6-8-19(9-7-18)28-12-10-17(11-13-28)14-27(4)5/h6-9,15,17H,10-14H2,1-5H3,(H,25,29)(H,24,26,30). The molecular weight excluding hydrogens is 378 g/mol. The van der Waals surface area contributed by atoms with Crippen molar-refractivity contribution in [1.29, 1.82) is 0 Å². The number of rotatable bonds is 6. The van der Waals surface area contributed by atoms with Gasteiger partial charge in [0.15, 0.2) is 0 Å². The summed E-state index contributed by atoms with van der Waals surface area (Å²) >= 11 is 0. The highest BCUT2D eigenvalue weighted by Gasteiger charge is 2.20. The monoisotopic (exact) mass is 411 g/mol. The van der Waals surface area contributed by atoms with Gasteiger partial charge in [-0.25, -0.2) is 4.98 Å². The molecule has 1 aliphatic heterocycles. The average Bonchev–Trinajstić information content (AvgIpc) is 2.68. The predicted octanol–water partition coefficient (Wildman–Crippen LogP) is 3.23. The van der Waals surface area contributed by atoms with E-state index in [1.165, 1.54) is 12.8 Å². The normalized spacial score (nSPS) is 15.1. The lowest BCUT2D eigenvalue weighted by Gasteiger charge is -2.34. The van der Waals surface area contributed by atoms with Gasteiger partial charge in [-0.1, -0.05) is 13.8 Å². The van der Waals surface area contributed by atoms with Gasteiger partial charge >= 0.3 is 0 Å². The molecule has 1 aromatic carbocycles. The Labute approximate surface area is 178 Å². The van der Waals surface area contributed by atoms with Crippen LogP contribution in [0.5, 0.6) is 0 Å². The number of benzene rings is 1. The maximum absolute atomic E-state index is 12.7. The Balaban J connectivity index is 1.64. The molecule has 1 aliphatic rings. The average molecular weight is 412 g/mol. The van der Waals surface area contributed by atoms with Gasteiger partial charge in [-0.2, -0.15) is 0 Å². The van der Waals surface area contributed by atoms with Gasteiger partial charge in [0.1, 0.15) is 11.4 Å². The molecule has 1 aromatic heterocycles. The topological polar surface area (TPSA) is 81.3 Å². The van der Waals surface area contributed by atoms with Gasteiger partial charge in [0.25, 0.3) is 11.5 Å². The predicted molar refractivity (Wildman–Crippen MR) is 122 cm³/mol. The number of hydrogen-bond acceptors (Lipinski definition) is 5. The van der Waals surface area contributed by atoms with Crippen molar-refractivity contribution in [2.45, 2.75) is 39.5 Å². The lowest BCUT2D eigenvalue weighted by Crippen LogP contribution is -2.37. The summed E-state index contributed by atoms with van der Waals surface area (Å²) in [5.74, 6) is 1.00. The van der Waals surface area contributed by atoms with Crippen molar-refractivity contribution in [1.82, 2.24) is 14.9 Å². The van der Waals surface area contributed by atoms with Crippen LogP contribution in [0.2, 0.25) is 0 Å². The third-order valence-electron chi connectivity index (χ3n) is 5.62. The van der Waals surface area contributed by atoms with Crippen LogP contribution in [0.25, 0.3) is 0 Å². The van der Waals surface area contributed by atoms with Gasteiger partial charge in [0.05, 0.1) is 5.69 Å². The van der Waals surface area contributed by atoms with Crippen LogP contribution in [0.3, 0.4) is 0 Å². The van der Waals surface area contributed by atoms with E-state index in [1.807, 2.05) is 38.1 Å². The fourth-order valence-corrected chi connectivity index (χ4v) is 3.99. The van der Waals surface area contributed by atoms with E-state index in [2.05, 4.69) is 39.2 Å². The Morgan fingerprint density at radius 1 is 1.23 bits per heavy atom. The number of H-pyrrole nitrogens is 1. The molecule has 162 valence electrons. The molecule has 0 atom stereocenters. The Morgan fingerprint density at radius 2 is 1.87 bits per heavy atom. The van der Waals surface area contributed by atoms with Crippen LogP contribution in [0.4, 0.5) is 11.4 Å². The molecule has 2 aromatic rings. The van der Waals surface area contributed by atoms with Gasteiger partial charge in [-0.3, -0.25) is 9.59 Å². The number of hydrogen-bond donors (Lipinski definition) is 2. The van der Waals surface area contributed by atoms with Crippen molar-refractivity contribution in [2.75, 3.05) is 43.9 Å². The summed E-state index contributed by atoms with van der Waals surface area (Å²) < 4.78 is 0. The van der Waals surface area contributed by atoms with Crippen LogP contribution in [0.15, 0.2) is 29.1 Å². The van der Waals surface area contributed by atoms with E-state index >= 15 is 0 Å². The molecule has 0 spiro atoms. The summed E-state index contributed by atoms with van der Waals surface area (Å²) in [6.45, 7) is 8.83. The zero-order chi connectivity index (χ0) is 21.8. The van der Waals surface area contributed by atoms with Crippen LogP contribution in [-0.4, -0.2) is 54.5 Å². The number of amides is 1. The summed E-state index contributed by atoms with van der Waals surface area (Å²) in [6.07, 6.45) is 2.39. The first kappa shape index (κ1) is 22.0. The molecule has 1 amide bonds. The molecule has 2 N–H and O–H groups in total. The summed E-state index contributed by atoms with van der Waals surface area (Å²) in [5.41, 5.74) is 1.93. The van der Waals surface area contributed by atoms with E-state index in [0.717, 1.165) is 31.2 Å². The minimum Gasteiger partial charge on any atom is -0.372 e. The molecule has 3 rings (SSSR count). The van der Waals surface area contributed by atoms with Crippen molar-refractivity contribution < 1.29 is 4.79 Å². The van der Waals surface area contributed by atoms with E-state index in [9.17, 15) is 9.59 Å². The Morgan fingerprint density at radius 3 is 2.40 bits per heavy atom. The number of carbonyl (C=O) groups excluding carboxylic acids is 1. The number of aryl methyl sites for hydroxylation is 1. The van der Waals surface area contributed by atoms with E-state index in [-0.39, 0.29) is 11.5 Å². The van der Waals surface area contributed by atoms with Crippen molar-refractivity contribution in [3.05, 3.63) is 51.7 Å². The van der Waals surface area contributed by atoms with E-state index in [1.54, 1.807) is 6.92 Å². The second-order valence-corrected chi connectivity index (χ2v) is 8.76. The lowest BCUT2D eigenvalue weighted by atomic mass is 9.96. The largest absolute Gasteiger partial charge is 0.372 e. The number of aromatic amines is 1. The number of aromatic nitrogens is 2. The minimum atomic E-state index is -0.436. The van der Waals surface area contributed by atoms with Crippen molar-refractivity contribution in [2.24, 2.45) is 5.92 Å². The van der Waals surface area contributed by atoms with Gasteiger partial charge in [-0.15, -0.1) is 0 Å². The molecule has 1 saturated heterocycles. The molecular formula is C23H33N5O2. The van der Waals surface area contributed by atoms with Crippen molar-refractivity contribution in [3.63, 3.8) is 0 Å². The highest BCUT2D eigenvalue weighted by molar-refractivity contribution is 6.04. The molecule has 0 bridgehead atoms. The molecule has 0 radical (unpaired) electrons. The Bertz CT molecular complexity index is 926. The van der Waals surface area contributed by atoms with Crippen LogP contribution in [0.1, 0.15) is 54.5 Å². The minimum absolute atomic E-state index is 0.0615. The number of carbonyl (C=O) groups is 1. The number of piperidine rings is 1. The molecule has 7 nitrogen and oxygen atoms in total.